The summed E-state index contributed by atoms with van der Waals surface area (Å²) in [5.74, 6) is 0.647. The zero-order valence-electron chi connectivity index (χ0n) is 7.90. The van der Waals surface area contributed by atoms with Crippen molar-refractivity contribution < 1.29 is 11.5 Å². The topological polar surface area (TPSA) is 43.4 Å². The molecule has 78 valence electrons. The molecular formula is C9H11IO3S. The van der Waals surface area contributed by atoms with Gasteiger partial charge in [0.2, 0.25) is 0 Å². The highest BCUT2D eigenvalue weighted by Gasteiger charge is 2.18. The van der Waals surface area contributed by atoms with E-state index in [1.807, 2.05) is 0 Å². The Hall–Kier alpha value is -0.300. The van der Waals surface area contributed by atoms with Gasteiger partial charge < -0.3 is 3.07 Å². The monoisotopic (exact) mass is 326 g/mol. The van der Waals surface area contributed by atoms with E-state index in [9.17, 15) is 8.42 Å². The van der Waals surface area contributed by atoms with Crippen LogP contribution >= 0.6 is 23.0 Å². The fraction of sp³-hybridized carbons (Fsp3) is 0.333. The molecule has 0 unspecified atom stereocenters. The van der Waals surface area contributed by atoms with Crippen molar-refractivity contribution in [3.05, 3.63) is 24.3 Å². The number of halogens is 1. The Morgan fingerprint density at radius 2 is 1.71 bits per heavy atom. The maximum Gasteiger partial charge on any atom is 0.192 e. The van der Waals surface area contributed by atoms with Crippen LogP contribution in [0, 0.1) is 0 Å². The molecule has 0 bridgehead atoms. The van der Waals surface area contributed by atoms with E-state index >= 15 is 0 Å². The number of hydrogen-bond donors (Lipinski definition) is 0. The van der Waals surface area contributed by atoms with Crippen molar-refractivity contribution in [3.63, 3.8) is 0 Å². The number of rotatable bonds is 3. The number of sulfone groups is 1. The van der Waals surface area contributed by atoms with Gasteiger partial charge in [0.15, 0.2) is 32.8 Å². The van der Waals surface area contributed by atoms with Gasteiger partial charge in [0, 0.05) is 0 Å². The molecule has 5 heteroatoms. The molecule has 0 heterocycles. The van der Waals surface area contributed by atoms with Crippen LogP contribution in [0.5, 0.6) is 5.75 Å². The van der Waals surface area contributed by atoms with Gasteiger partial charge in [-0.15, -0.1) is 0 Å². The molecule has 0 aliphatic carbocycles. The molecule has 0 aliphatic heterocycles. The second kappa shape index (κ2) is 4.48. The first-order valence-corrected chi connectivity index (χ1v) is 6.53. The van der Waals surface area contributed by atoms with Gasteiger partial charge in [-0.25, -0.2) is 8.42 Å². The van der Waals surface area contributed by atoms with E-state index in [1.165, 1.54) is 0 Å². The predicted molar refractivity (Wildman–Crippen MR) is 63.4 cm³/mol. The molecule has 0 spiro atoms. The molecule has 1 rings (SSSR count). The van der Waals surface area contributed by atoms with Crippen LogP contribution < -0.4 is 3.07 Å². The van der Waals surface area contributed by atoms with Gasteiger partial charge in [-0.05, 0) is 38.1 Å². The molecule has 1 aromatic rings. The molecule has 0 fully saturated rings. The summed E-state index contributed by atoms with van der Waals surface area (Å²) in [5.41, 5.74) is 0. The molecule has 0 amide bonds. The van der Waals surface area contributed by atoms with Crippen LogP contribution in [0.1, 0.15) is 13.8 Å². The van der Waals surface area contributed by atoms with E-state index in [4.69, 9.17) is 3.07 Å². The fourth-order valence-electron chi connectivity index (χ4n) is 0.953. The van der Waals surface area contributed by atoms with Crippen molar-refractivity contribution in [1.82, 2.24) is 0 Å². The van der Waals surface area contributed by atoms with Crippen LogP contribution in [0.25, 0.3) is 0 Å². The summed E-state index contributed by atoms with van der Waals surface area (Å²) >= 11 is 1.75. The maximum atomic E-state index is 11.7. The second-order valence-corrected chi connectivity index (χ2v) is 6.09. The van der Waals surface area contributed by atoms with Gasteiger partial charge in [0.05, 0.1) is 10.1 Å². The highest BCUT2D eigenvalue weighted by Crippen LogP contribution is 2.20. The third kappa shape index (κ3) is 2.38. The lowest BCUT2D eigenvalue weighted by molar-refractivity contribution is 0.587. The molecular weight excluding hydrogens is 315 g/mol. The molecule has 0 saturated carbocycles. The number of hydrogen-bond acceptors (Lipinski definition) is 3. The largest absolute Gasteiger partial charge is 0.428 e. The van der Waals surface area contributed by atoms with E-state index in [-0.39, 0.29) is 0 Å². The smallest absolute Gasteiger partial charge is 0.192 e. The molecule has 0 aromatic heterocycles. The molecule has 3 nitrogen and oxygen atoms in total. The van der Waals surface area contributed by atoms with Gasteiger partial charge in [0.1, 0.15) is 5.75 Å². The molecule has 0 atom stereocenters. The minimum atomic E-state index is -3.16. The van der Waals surface area contributed by atoms with Crippen molar-refractivity contribution in [3.8, 4) is 5.75 Å². The van der Waals surface area contributed by atoms with Crippen LogP contribution in [0.2, 0.25) is 0 Å². The molecule has 1 aromatic carbocycles. The van der Waals surface area contributed by atoms with Crippen molar-refractivity contribution in [2.75, 3.05) is 0 Å². The zero-order valence-corrected chi connectivity index (χ0v) is 10.9. The molecule has 0 aliphatic rings. The van der Waals surface area contributed by atoms with Gasteiger partial charge in [-0.2, -0.15) is 0 Å². The van der Waals surface area contributed by atoms with Gasteiger partial charge in [-0.3, -0.25) is 0 Å². The van der Waals surface area contributed by atoms with Crippen molar-refractivity contribution in [2.24, 2.45) is 0 Å². The van der Waals surface area contributed by atoms with E-state index in [2.05, 4.69) is 0 Å². The van der Waals surface area contributed by atoms with Crippen molar-refractivity contribution >= 4 is 32.8 Å². The summed E-state index contributed by atoms with van der Waals surface area (Å²) in [6.45, 7) is 3.33. The first kappa shape index (κ1) is 11.8. The SMILES string of the molecule is CC(C)S(=O)(=O)c1ccc(OI)cc1. The minimum Gasteiger partial charge on any atom is -0.428 e. The highest BCUT2D eigenvalue weighted by atomic mass is 127. The minimum absolute atomic E-state index is 0.338. The summed E-state index contributed by atoms with van der Waals surface area (Å²) in [6.07, 6.45) is 0. The average Bonchev–Trinajstić information content (AvgIpc) is 2.17. The van der Waals surface area contributed by atoms with E-state index in [0.29, 0.717) is 10.6 Å². The van der Waals surface area contributed by atoms with Crippen LogP contribution in [0.15, 0.2) is 29.2 Å². The van der Waals surface area contributed by atoms with Crippen LogP contribution in [0.3, 0.4) is 0 Å². The Kier molecular flexibility index (Phi) is 3.77. The Bertz CT molecular complexity index is 395. The first-order chi connectivity index (χ1) is 6.48. The summed E-state index contributed by atoms with van der Waals surface area (Å²) in [7, 11) is -3.16. The van der Waals surface area contributed by atoms with E-state index in [1.54, 1.807) is 61.1 Å². The summed E-state index contributed by atoms with van der Waals surface area (Å²) in [5, 5.41) is -0.395. The summed E-state index contributed by atoms with van der Waals surface area (Å²) in [4.78, 5) is 0.338. The fourth-order valence-corrected chi connectivity index (χ4v) is 2.31. The lowest BCUT2D eigenvalue weighted by atomic mass is 10.3. The maximum absolute atomic E-state index is 11.7. The second-order valence-electron chi connectivity index (χ2n) is 3.14. The van der Waals surface area contributed by atoms with Crippen molar-refractivity contribution in [1.29, 1.82) is 0 Å². The Morgan fingerprint density at radius 3 is 2.07 bits per heavy atom. The normalized spacial score (nSPS) is 11.7. The van der Waals surface area contributed by atoms with Crippen LogP contribution in [-0.4, -0.2) is 13.7 Å². The number of benzene rings is 1. The van der Waals surface area contributed by atoms with E-state index < -0.39 is 15.1 Å². The van der Waals surface area contributed by atoms with E-state index in [0.717, 1.165) is 0 Å². The molecule has 0 saturated heterocycles. The standard InChI is InChI=1S/C9H11IO3S/c1-7(2)14(11,12)9-5-3-8(13-10)4-6-9/h3-7H,1-2H3. The van der Waals surface area contributed by atoms with Gasteiger partial charge >= 0.3 is 0 Å². The quantitative estimate of drug-likeness (QED) is 0.802. The average molecular weight is 326 g/mol. The first-order valence-electron chi connectivity index (χ1n) is 4.11. The predicted octanol–water partition coefficient (Wildman–Crippen LogP) is 2.60. The Labute approximate surface area is 98.1 Å². The van der Waals surface area contributed by atoms with Crippen molar-refractivity contribution in [2.45, 2.75) is 24.0 Å². The van der Waals surface area contributed by atoms with Gasteiger partial charge in [-0.1, -0.05) is 0 Å². The lowest BCUT2D eigenvalue weighted by Gasteiger charge is -2.07. The molecule has 0 radical (unpaired) electrons. The summed E-state index contributed by atoms with van der Waals surface area (Å²) in [6, 6.07) is 6.40. The third-order valence-electron chi connectivity index (χ3n) is 1.86. The third-order valence-corrected chi connectivity index (χ3v) is 4.54. The van der Waals surface area contributed by atoms with Crippen LogP contribution in [-0.2, 0) is 9.84 Å². The summed E-state index contributed by atoms with van der Waals surface area (Å²) < 4.78 is 28.3. The van der Waals surface area contributed by atoms with Crippen LogP contribution in [0.4, 0.5) is 0 Å². The molecule has 14 heavy (non-hydrogen) atoms. The lowest BCUT2D eigenvalue weighted by Crippen LogP contribution is -2.13. The van der Waals surface area contributed by atoms with Gasteiger partial charge in [0.25, 0.3) is 0 Å². The zero-order chi connectivity index (χ0) is 10.8. The highest BCUT2D eigenvalue weighted by molar-refractivity contribution is 14.1. The Balaban J connectivity index is 3.10. The molecule has 0 N–H and O–H groups in total. The Morgan fingerprint density at radius 1 is 1.21 bits per heavy atom.